The highest BCUT2D eigenvalue weighted by atomic mass is 19.1. The van der Waals surface area contributed by atoms with Crippen LogP contribution in [0.4, 0.5) is 20.6 Å². The maximum Gasteiger partial charge on any atom is 0.410 e. The van der Waals surface area contributed by atoms with Gasteiger partial charge < -0.3 is 32.2 Å². The lowest BCUT2D eigenvalue weighted by molar-refractivity contribution is 0.0210. The zero-order valence-corrected chi connectivity index (χ0v) is 16.4. The van der Waals surface area contributed by atoms with Crippen LogP contribution in [0.15, 0.2) is 28.2 Å². The molecule has 1 saturated heterocycles. The first-order valence-corrected chi connectivity index (χ1v) is 9.02. The molecule has 0 bridgehead atoms. The third-order valence-electron chi connectivity index (χ3n) is 3.96. The Morgan fingerprint density at radius 2 is 1.89 bits per heavy atom. The highest BCUT2D eigenvalue weighted by Gasteiger charge is 2.27. The first-order valence-electron chi connectivity index (χ1n) is 9.02. The lowest BCUT2D eigenvalue weighted by Crippen LogP contribution is -2.44. The molecule has 0 spiro atoms. The summed E-state index contributed by atoms with van der Waals surface area (Å²) < 4.78 is 19.6. The number of likely N-dealkylation sites (tertiary alicyclic amines) is 1. The average molecular weight is 393 g/mol. The lowest BCUT2D eigenvalue weighted by atomic mass is 10.0. The number of hydrogen-bond donors (Lipinski definition) is 4. The molecule has 0 aromatic heterocycles. The van der Waals surface area contributed by atoms with Gasteiger partial charge in [0, 0.05) is 19.1 Å². The van der Waals surface area contributed by atoms with Crippen LogP contribution < -0.4 is 22.5 Å². The number of nitrogens with zero attached hydrogens (tertiary/aromatic N) is 3. The van der Waals surface area contributed by atoms with Crippen molar-refractivity contribution in [2.45, 2.75) is 45.3 Å². The number of carbonyl (C=O) groups is 1. The zero-order chi connectivity index (χ0) is 20.9. The Labute approximate surface area is 163 Å². The summed E-state index contributed by atoms with van der Waals surface area (Å²) in [6.07, 6.45) is 1.04. The van der Waals surface area contributed by atoms with Gasteiger partial charge in [-0.15, -0.1) is 0 Å². The monoisotopic (exact) mass is 393 g/mol. The molecule has 0 radical (unpaired) electrons. The summed E-state index contributed by atoms with van der Waals surface area (Å²) in [6.45, 7) is 6.57. The fourth-order valence-corrected chi connectivity index (χ4v) is 2.77. The van der Waals surface area contributed by atoms with Gasteiger partial charge in [0.1, 0.15) is 11.3 Å². The molecule has 28 heavy (non-hydrogen) atoms. The molecule has 0 saturated carbocycles. The van der Waals surface area contributed by atoms with Crippen molar-refractivity contribution in [3.05, 3.63) is 24.0 Å². The third-order valence-corrected chi connectivity index (χ3v) is 3.96. The topological polar surface area (TPSA) is 144 Å². The van der Waals surface area contributed by atoms with E-state index in [1.165, 1.54) is 6.07 Å². The highest BCUT2D eigenvalue weighted by molar-refractivity contribution is 5.94. The van der Waals surface area contributed by atoms with Crippen molar-refractivity contribution in [1.29, 1.82) is 0 Å². The molecule has 0 aliphatic carbocycles. The van der Waals surface area contributed by atoms with Crippen LogP contribution in [0.3, 0.4) is 0 Å². The van der Waals surface area contributed by atoms with E-state index in [2.05, 4.69) is 15.3 Å². The maximum atomic E-state index is 14.2. The first-order chi connectivity index (χ1) is 13.0. The summed E-state index contributed by atoms with van der Waals surface area (Å²) in [6, 6.07) is 4.59. The lowest BCUT2D eigenvalue weighted by Gasteiger charge is -2.34. The van der Waals surface area contributed by atoms with E-state index in [0.717, 1.165) is 0 Å². The van der Waals surface area contributed by atoms with Gasteiger partial charge >= 0.3 is 6.09 Å². The molecule has 0 unspecified atom stereocenters. The number of piperidine rings is 1. The van der Waals surface area contributed by atoms with Crippen LogP contribution in [0.25, 0.3) is 0 Å². The van der Waals surface area contributed by atoms with Gasteiger partial charge in [0.25, 0.3) is 0 Å². The number of guanidine groups is 2. The second-order valence-electron chi connectivity index (χ2n) is 7.53. The molecule has 1 aromatic carbocycles. The van der Waals surface area contributed by atoms with E-state index in [1.807, 2.05) is 20.8 Å². The number of rotatable bonds is 3. The minimum atomic E-state index is -0.551. The normalized spacial score (nSPS) is 15.9. The van der Waals surface area contributed by atoms with Crippen molar-refractivity contribution >= 4 is 29.4 Å². The van der Waals surface area contributed by atoms with E-state index in [9.17, 15) is 9.18 Å². The van der Waals surface area contributed by atoms with Crippen molar-refractivity contribution in [3.8, 4) is 0 Å². The minimum Gasteiger partial charge on any atom is -0.444 e. The number of benzene rings is 1. The van der Waals surface area contributed by atoms with Crippen LogP contribution >= 0.6 is 0 Å². The van der Waals surface area contributed by atoms with Gasteiger partial charge in [-0.25, -0.2) is 14.2 Å². The standard InChI is InChI=1S/C18H28FN7O2/c1-18(2,3)28-17(27)26-9-7-11(8-10-26)23-13-6-4-5-12(19)14(13)24-16(22)25-15(20)21/h4-6,11,23H,7-10H2,1-3H3,(H6,20,21,22,24,25). The van der Waals surface area contributed by atoms with Crippen molar-refractivity contribution in [1.82, 2.24) is 4.90 Å². The molecule has 10 heteroatoms. The van der Waals surface area contributed by atoms with Gasteiger partial charge in [-0.2, -0.15) is 4.99 Å². The predicted molar refractivity (Wildman–Crippen MR) is 108 cm³/mol. The minimum absolute atomic E-state index is 0.0274. The molecule has 1 aromatic rings. The number of carbonyl (C=O) groups excluding carboxylic acids is 1. The molecule has 154 valence electrons. The quantitative estimate of drug-likeness (QED) is 0.456. The van der Waals surface area contributed by atoms with Crippen molar-refractivity contribution in [2.24, 2.45) is 27.2 Å². The second kappa shape index (κ2) is 8.77. The number of nitrogens with two attached hydrogens (primary N) is 3. The highest BCUT2D eigenvalue weighted by Crippen LogP contribution is 2.30. The number of para-hydroxylation sites is 1. The van der Waals surface area contributed by atoms with Crippen LogP contribution in [0.5, 0.6) is 0 Å². The summed E-state index contributed by atoms with van der Waals surface area (Å²) in [5.74, 6) is -1.06. The Morgan fingerprint density at radius 1 is 1.25 bits per heavy atom. The molecule has 1 amide bonds. The molecule has 1 fully saturated rings. The number of amides is 1. The molecule has 1 aliphatic rings. The van der Waals surface area contributed by atoms with E-state index < -0.39 is 11.4 Å². The van der Waals surface area contributed by atoms with Gasteiger partial charge in [-0.1, -0.05) is 6.07 Å². The first kappa shape index (κ1) is 21.3. The summed E-state index contributed by atoms with van der Waals surface area (Å²) in [5.41, 5.74) is 16.1. The van der Waals surface area contributed by atoms with E-state index in [-0.39, 0.29) is 29.7 Å². The molecule has 9 nitrogen and oxygen atoms in total. The third kappa shape index (κ3) is 6.29. The van der Waals surface area contributed by atoms with Crippen LogP contribution in [0.1, 0.15) is 33.6 Å². The van der Waals surface area contributed by atoms with Gasteiger partial charge in [-0.05, 0) is 45.7 Å². The Balaban J connectivity index is 2.05. The molecular formula is C18H28FN7O2. The van der Waals surface area contributed by atoms with Crippen LogP contribution in [0.2, 0.25) is 0 Å². The van der Waals surface area contributed by atoms with Crippen molar-refractivity contribution in [3.63, 3.8) is 0 Å². The number of aliphatic imine (C=N–C) groups is 2. The smallest absolute Gasteiger partial charge is 0.410 e. The molecule has 7 N–H and O–H groups in total. The van der Waals surface area contributed by atoms with Crippen molar-refractivity contribution in [2.75, 3.05) is 18.4 Å². The Kier molecular flexibility index (Phi) is 6.66. The molecule has 2 rings (SSSR count). The van der Waals surface area contributed by atoms with Crippen molar-refractivity contribution < 1.29 is 13.9 Å². The Bertz CT molecular complexity index is 762. The Hall–Kier alpha value is -3.04. The van der Waals surface area contributed by atoms with Gasteiger partial charge in [0.15, 0.2) is 11.8 Å². The second-order valence-corrected chi connectivity index (χ2v) is 7.53. The van der Waals surface area contributed by atoms with E-state index in [4.69, 9.17) is 21.9 Å². The molecule has 1 aliphatic heterocycles. The number of nitrogens with one attached hydrogen (secondary N) is 1. The summed E-state index contributed by atoms with van der Waals surface area (Å²) in [7, 11) is 0. The predicted octanol–water partition coefficient (Wildman–Crippen LogP) is 1.86. The zero-order valence-electron chi connectivity index (χ0n) is 16.4. The van der Waals surface area contributed by atoms with Gasteiger partial charge in [-0.3, -0.25) is 0 Å². The van der Waals surface area contributed by atoms with Crippen LogP contribution in [-0.2, 0) is 4.74 Å². The van der Waals surface area contributed by atoms with E-state index in [0.29, 0.717) is 31.6 Å². The maximum absolute atomic E-state index is 14.2. The summed E-state index contributed by atoms with van der Waals surface area (Å²) >= 11 is 0. The van der Waals surface area contributed by atoms with Gasteiger partial charge in [0.05, 0.1) is 5.69 Å². The summed E-state index contributed by atoms with van der Waals surface area (Å²) in [5, 5.41) is 3.26. The largest absolute Gasteiger partial charge is 0.444 e. The molecular weight excluding hydrogens is 365 g/mol. The SMILES string of the molecule is CC(C)(C)OC(=O)N1CCC(Nc2cccc(F)c2N=C(N)N=C(N)N)CC1. The number of hydrogen-bond acceptors (Lipinski definition) is 4. The fourth-order valence-electron chi connectivity index (χ4n) is 2.77. The van der Waals surface area contributed by atoms with E-state index in [1.54, 1.807) is 17.0 Å². The van der Waals surface area contributed by atoms with Gasteiger partial charge in [0.2, 0.25) is 5.96 Å². The number of ether oxygens (including phenoxy) is 1. The average Bonchev–Trinajstić information content (AvgIpc) is 2.56. The van der Waals surface area contributed by atoms with Crippen LogP contribution in [0, 0.1) is 5.82 Å². The molecule has 0 atom stereocenters. The van der Waals surface area contributed by atoms with Crippen LogP contribution in [-0.4, -0.2) is 47.6 Å². The number of anilines is 1. The molecule has 1 heterocycles. The number of halogens is 1. The van der Waals surface area contributed by atoms with E-state index >= 15 is 0 Å². The fraction of sp³-hybridized carbons (Fsp3) is 0.500. The Morgan fingerprint density at radius 3 is 2.46 bits per heavy atom. The summed E-state index contributed by atoms with van der Waals surface area (Å²) in [4.78, 5) is 21.4.